The highest BCUT2D eigenvalue weighted by Gasteiger charge is 2.58. The molecule has 2 saturated heterocycles. The Morgan fingerprint density at radius 3 is 2.55 bits per heavy atom. The van der Waals surface area contributed by atoms with E-state index in [1.165, 1.54) is 13.0 Å². The molecular weight excluding hydrogens is 595 g/mol. The van der Waals surface area contributed by atoms with Crippen molar-refractivity contribution in [2.45, 2.75) is 80.9 Å². The summed E-state index contributed by atoms with van der Waals surface area (Å²) in [6, 6.07) is -0.473. The summed E-state index contributed by atoms with van der Waals surface area (Å²) < 4.78 is 34.0. The van der Waals surface area contributed by atoms with Crippen LogP contribution in [-0.2, 0) is 32.7 Å². The Balaban J connectivity index is 1.78. The number of hydroxylamine groups is 2. The maximum absolute atomic E-state index is 12.8. The van der Waals surface area contributed by atoms with Gasteiger partial charge in [0.1, 0.15) is 30.2 Å². The number of aliphatic carboxylic acids is 1. The quantitative estimate of drug-likeness (QED) is 0.0609. The van der Waals surface area contributed by atoms with Gasteiger partial charge in [0, 0.05) is 25.5 Å². The van der Waals surface area contributed by atoms with Gasteiger partial charge >= 0.3 is 19.5 Å². The molecule has 42 heavy (non-hydrogen) atoms. The third kappa shape index (κ3) is 7.30. The minimum Gasteiger partial charge on any atom is -0.477 e. The van der Waals surface area contributed by atoms with Crippen LogP contribution in [0.15, 0.2) is 17.1 Å². The van der Waals surface area contributed by atoms with Crippen molar-refractivity contribution < 1.29 is 73.4 Å². The number of hydrogen-bond donors (Lipinski definition) is 9. The lowest BCUT2D eigenvalue weighted by atomic mass is 9.90. The summed E-state index contributed by atoms with van der Waals surface area (Å²) >= 11 is 0. The molecule has 2 aliphatic heterocycles. The first-order valence-corrected chi connectivity index (χ1v) is 14.0. The van der Waals surface area contributed by atoms with E-state index in [0.29, 0.717) is 0 Å². The van der Waals surface area contributed by atoms with Crippen LogP contribution in [0.25, 0.3) is 0 Å². The van der Waals surface area contributed by atoms with Crippen LogP contribution in [0.2, 0.25) is 0 Å². The number of phosphoric ester groups is 1. The zero-order chi connectivity index (χ0) is 31.6. The molecule has 3 rings (SSSR count). The number of aliphatic hydroxyl groups is 5. The molecule has 0 aliphatic carbocycles. The van der Waals surface area contributed by atoms with Crippen LogP contribution < -0.4 is 11.4 Å². The fourth-order valence-corrected chi connectivity index (χ4v) is 5.47. The molecule has 1 aromatic rings. The average Bonchev–Trinajstić information content (AvgIpc) is 3.19. The van der Waals surface area contributed by atoms with Gasteiger partial charge in [-0.1, -0.05) is 6.92 Å². The van der Waals surface area contributed by atoms with Gasteiger partial charge in [-0.05, 0) is 6.07 Å². The van der Waals surface area contributed by atoms with E-state index >= 15 is 0 Å². The first-order chi connectivity index (χ1) is 19.6. The normalized spacial score (nSPS) is 33.6. The Kier molecular flexibility index (Phi) is 10.8. The Hall–Kier alpha value is -2.59. The third-order valence-corrected chi connectivity index (χ3v) is 7.60. The number of ether oxygens (including phenoxy) is 2. The molecule has 238 valence electrons. The van der Waals surface area contributed by atoms with Gasteiger partial charge in [0.25, 0.3) is 5.79 Å². The Bertz CT molecular complexity index is 1230. The van der Waals surface area contributed by atoms with Crippen molar-refractivity contribution >= 4 is 25.5 Å². The van der Waals surface area contributed by atoms with Gasteiger partial charge in [-0.3, -0.25) is 19.1 Å². The van der Waals surface area contributed by atoms with E-state index in [1.54, 1.807) is 0 Å². The summed E-state index contributed by atoms with van der Waals surface area (Å²) in [7, 11) is -5.49. The molecule has 2 fully saturated rings. The largest absolute Gasteiger partial charge is 0.477 e. The van der Waals surface area contributed by atoms with E-state index in [1.807, 2.05) is 0 Å². The maximum atomic E-state index is 12.8. The third-order valence-electron chi connectivity index (χ3n) is 6.60. The van der Waals surface area contributed by atoms with Crippen molar-refractivity contribution in [1.29, 1.82) is 0 Å². The molecule has 0 spiro atoms. The topological polar surface area (TPSA) is 314 Å². The van der Waals surface area contributed by atoms with Crippen molar-refractivity contribution in [1.82, 2.24) is 14.6 Å². The molecule has 1 amide bonds. The molecule has 10 N–H and O–H groups in total. The number of anilines is 1. The molecule has 3 heterocycles. The predicted molar refractivity (Wildman–Crippen MR) is 132 cm³/mol. The number of carboxylic acid groups (broad SMARTS) is 1. The van der Waals surface area contributed by atoms with Gasteiger partial charge in [-0.2, -0.15) is 4.98 Å². The van der Waals surface area contributed by atoms with E-state index in [2.05, 4.69) is 4.98 Å². The van der Waals surface area contributed by atoms with E-state index in [4.69, 9.17) is 24.3 Å². The second kappa shape index (κ2) is 13.4. The van der Waals surface area contributed by atoms with Crippen molar-refractivity contribution in [3.63, 3.8) is 0 Å². The first kappa shape index (κ1) is 33.9. The number of nitrogens with zero attached hydrogens (tertiary/aromatic N) is 3. The fraction of sp³-hybridized carbons (Fsp3) is 0.714. The number of phosphoric acid groups is 1. The Labute approximate surface area is 236 Å². The number of carboxylic acids is 1. The lowest BCUT2D eigenvalue weighted by Gasteiger charge is -2.46. The highest BCUT2D eigenvalue weighted by molar-refractivity contribution is 7.47. The molecular formula is C21H33N4O16P. The fourth-order valence-electron chi connectivity index (χ4n) is 4.52. The summed E-state index contributed by atoms with van der Waals surface area (Å²) in [5.41, 5.74) is 4.48. The smallest absolute Gasteiger partial charge is 0.475 e. The number of rotatable bonds is 12. The number of aliphatic hydroxyl groups excluding tert-OH is 5. The summed E-state index contributed by atoms with van der Waals surface area (Å²) in [5.74, 6) is -6.24. The van der Waals surface area contributed by atoms with Gasteiger partial charge in [0.2, 0.25) is 5.91 Å². The van der Waals surface area contributed by atoms with Crippen LogP contribution in [0.4, 0.5) is 5.82 Å². The lowest BCUT2D eigenvalue weighted by Crippen LogP contribution is -2.64. The number of nitrogens with two attached hydrogens (primary N) is 1. The molecule has 0 radical (unpaired) electrons. The molecule has 1 aromatic heterocycles. The van der Waals surface area contributed by atoms with Crippen molar-refractivity contribution in [3.8, 4) is 0 Å². The monoisotopic (exact) mass is 628 g/mol. The zero-order valence-corrected chi connectivity index (χ0v) is 22.9. The molecule has 2 aliphatic rings. The number of carbonyl (C=O) groups is 2. The van der Waals surface area contributed by atoms with Gasteiger partial charge in [0.15, 0.2) is 6.23 Å². The zero-order valence-electron chi connectivity index (χ0n) is 22.0. The Morgan fingerprint density at radius 1 is 1.31 bits per heavy atom. The van der Waals surface area contributed by atoms with Gasteiger partial charge in [0.05, 0.1) is 31.5 Å². The Morgan fingerprint density at radius 2 is 1.98 bits per heavy atom. The molecule has 20 nitrogen and oxygen atoms in total. The van der Waals surface area contributed by atoms with E-state index < -0.39 is 106 Å². The molecule has 0 aromatic carbocycles. The van der Waals surface area contributed by atoms with Crippen LogP contribution >= 0.6 is 7.82 Å². The second-order valence-corrected chi connectivity index (χ2v) is 11.0. The first-order valence-electron chi connectivity index (χ1n) is 12.5. The summed E-state index contributed by atoms with van der Waals surface area (Å²) in [5, 5.41) is 70.8. The van der Waals surface area contributed by atoms with Crippen molar-refractivity contribution in [3.05, 3.63) is 22.7 Å². The summed E-state index contributed by atoms with van der Waals surface area (Å²) in [6.07, 6.45) is -12.8. The van der Waals surface area contributed by atoms with Gasteiger partial charge < -0.3 is 50.7 Å². The number of amides is 1. The molecule has 3 unspecified atom stereocenters. The minimum atomic E-state index is -5.49. The number of hydrogen-bond acceptors (Lipinski definition) is 16. The van der Waals surface area contributed by atoms with Gasteiger partial charge in [-0.15, -0.1) is 0 Å². The number of aromatic nitrogens is 2. The SMILES string of the molecule is CCC(=O)N(O)[C@@H]1C(O)C[C@@](OP(=O)(O)OC[C@H]2O[C@@H](n3ccc(N)nc3=O)[C@@H](O)[C@H]2O)(C(=O)O)OC1C[C@H](O)CO. The van der Waals surface area contributed by atoms with Crippen LogP contribution in [0.5, 0.6) is 0 Å². The highest BCUT2D eigenvalue weighted by atomic mass is 31.2. The van der Waals surface area contributed by atoms with E-state index in [9.17, 15) is 59.7 Å². The number of carbonyl (C=O) groups excluding carboxylic acids is 1. The molecule has 10 atom stereocenters. The molecule has 0 bridgehead atoms. The average molecular weight is 628 g/mol. The van der Waals surface area contributed by atoms with Crippen molar-refractivity contribution in [2.24, 2.45) is 0 Å². The van der Waals surface area contributed by atoms with Crippen LogP contribution in [-0.4, -0.2) is 129 Å². The maximum Gasteiger partial charge on any atom is 0.475 e. The van der Waals surface area contributed by atoms with Crippen LogP contribution in [0.1, 0.15) is 32.4 Å². The summed E-state index contributed by atoms with van der Waals surface area (Å²) in [6.45, 7) is -0.490. The van der Waals surface area contributed by atoms with Gasteiger partial charge in [-0.25, -0.2) is 23.7 Å². The van der Waals surface area contributed by atoms with Crippen molar-refractivity contribution in [2.75, 3.05) is 18.9 Å². The predicted octanol–water partition coefficient (Wildman–Crippen LogP) is -3.75. The highest BCUT2D eigenvalue weighted by Crippen LogP contribution is 2.51. The standard InChI is InChI=1S/C21H33N4O16P/c1-2-14(29)25(35)15-10(28)6-21(19(32)33,40-11(15)5-9(27)7-26)41-42(36,37)38-8-12-16(30)17(31)18(39-12)24-4-3-13(22)23-20(24)34/h3-4,9-12,15-18,26-28,30-31,35H,2,5-8H2,1H3,(H,32,33)(H,36,37)(H2,22,23,34)/t9-,10?,11?,12+,15+,16-,17-,18+,21+/m0/s1. The van der Waals surface area contributed by atoms with Crippen LogP contribution in [0.3, 0.4) is 0 Å². The van der Waals surface area contributed by atoms with E-state index in [-0.39, 0.29) is 17.3 Å². The minimum absolute atomic E-state index is 0.0721. The van der Waals surface area contributed by atoms with Crippen LogP contribution in [0, 0.1) is 0 Å². The molecule has 21 heteroatoms. The van der Waals surface area contributed by atoms with E-state index in [0.717, 1.165) is 10.8 Å². The summed E-state index contributed by atoms with van der Waals surface area (Å²) in [4.78, 5) is 50.2. The number of nitrogen functional groups attached to an aromatic ring is 1. The second-order valence-electron chi connectivity index (χ2n) is 9.58. The lowest BCUT2D eigenvalue weighted by molar-refractivity contribution is -0.301. The molecule has 0 saturated carbocycles.